The zero-order valence-electron chi connectivity index (χ0n) is 7.69. The van der Waals surface area contributed by atoms with E-state index in [0.29, 0.717) is 0 Å². The molecule has 1 aromatic rings. The summed E-state index contributed by atoms with van der Waals surface area (Å²) in [7, 11) is 0. The van der Waals surface area contributed by atoms with E-state index in [2.05, 4.69) is 15.9 Å². The van der Waals surface area contributed by atoms with Gasteiger partial charge in [0, 0.05) is 0 Å². The Kier molecular flexibility index (Phi) is 4.21. The van der Waals surface area contributed by atoms with Crippen LogP contribution < -0.4 is 0 Å². The molecule has 15 heavy (non-hydrogen) atoms. The maximum absolute atomic E-state index is 13.1. The fraction of sp³-hybridized carbons (Fsp3) is 0.300. The highest BCUT2D eigenvalue weighted by molar-refractivity contribution is 9.10. The number of rotatable bonds is 3. The second-order valence-corrected chi connectivity index (χ2v) is 3.90. The molecule has 0 aliphatic carbocycles. The summed E-state index contributed by atoms with van der Waals surface area (Å²) in [6.07, 6.45) is -2.64. The van der Waals surface area contributed by atoms with E-state index in [4.69, 9.17) is 5.26 Å². The third-order valence-electron chi connectivity index (χ3n) is 1.95. The van der Waals surface area contributed by atoms with Crippen LogP contribution in [0.2, 0.25) is 0 Å². The summed E-state index contributed by atoms with van der Waals surface area (Å²) in [4.78, 5) is 0. The van der Waals surface area contributed by atoms with Gasteiger partial charge in [-0.3, -0.25) is 0 Å². The largest absolute Gasteiger partial charge is 0.389 e. The van der Waals surface area contributed by atoms with E-state index in [1.165, 1.54) is 12.1 Å². The number of halogens is 2. The minimum Gasteiger partial charge on any atom is -0.389 e. The Bertz CT molecular complexity index is 391. The molecular weight excluding hydrogens is 265 g/mol. The van der Waals surface area contributed by atoms with Crippen LogP contribution in [0.3, 0.4) is 0 Å². The highest BCUT2D eigenvalue weighted by atomic mass is 79.9. The maximum Gasteiger partial charge on any atom is 0.137 e. The molecule has 0 saturated carbocycles. The van der Waals surface area contributed by atoms with Gasteiger partial charge in [-0.25, -0.2) is 4.39 Å². The van der Waals surface area contributed by atoms with Gasteiger partial charge in [0.05, 0.1) is 23.1 Å². The lowest BCUT2D eigenvalue weighted by atomic mass is 10.0. The minimum absolute atomic E-state index is 0.196. The number of hydrogen-bond acceptors (Lipinski definition) is 3. The lowest BCUT2D eigenvalue weighted by Crippen LogP contribution is -2.17. The Morgan fingerprint density at radius 2 is 2.13 bits per heavy atom. The van der Waals surface area contributed by atoms with Crippen LogP contribution in [-0.4, -0.2) is 16.3 Å². The van der Waals surface area contributed by atoms with Crippen LogP contribution in [0, 0.1) is 17.1 Å². The molecular formula is C10H9BrFNO2. The molecule has 80 valence electrons. The fourth-order valence-electron chi connectivity index (χ4n) is 1.12. The molecule has 2 atom stereocenters. The quantitative estimate of drug-likeness (QED) is 0.884. The highest BCUT2D eigenvalue weighted by Gasteiger charge is 2.18. The first kappa shape index (κ1) is 12.1. The summed E-state index contributed by atoms with van der Waals surface area (Å²) in [5, 5.41) is 27.2. The minimum atomic E-state index is -1.24. The Hall–Kier alpha value is -0.960. The molecule has 2 unspecified atom stereocenters. The third-order valence-corrected chi connectivity index (χ3v) is 2.59. The van der Waals surface area contributed by atoms with Crippen molar-refractivity contribution in [3.05, 3.63) is 34.1 Å². The molecule has 5 heteroatoms. The van der Waals surface area contributed by atoms with E-state index in [0.717, 1.165) is 6.07 Å². The zero-order chi connectivity index (χ0) is 11.4. The maximum atomic E-state index is 13.1. The van der Waals surface area contributed by atoms with Crippen molar-refractivity contribution in [1.82, 2.24) is 0 Å². The van der Waals surface area contributed by atoms with Gasteiger partial charge in [0.2, 0.25) is 0 Å². The van der Waals surface area contributed by atoms with Crippen LogP contribution in [0.1, 0.15) is 18.1 Å². The van der Waals surface area contributed by atoms with Gasteiger partial charge in [-0.15, -0.1) is 0 Å². The van der Waals surface area contributed by atoms with E-state index >= 15 is 0 Å². The lowest BCUT2D eigenvalue weighted by Gasteiger charge is -2.15. The average molecular weight is 274 g/mol. The number of nitrogens with zero attached hydrogens (tertiary/aromatic N) is 1. The molecule has 0 amide bonds. The molecule has 2 N–H and O–H groups in total. The average Bonchev–Trinajstić information content (AvgIpc) is 2.21. The summed E-state index contributed by atoms with van der Waals surface area (Å²) in [5.41, 5.74) is 0.249. The lowest BCUT2D eigenvalue weighted by molar-refractivity contribution is 0.0214. The SMILES string of the molecule is N#CCC(O)C(O)c1ccc(Br)c(F)c1. The van der Waals surface area contributed by atoms with Gasteiger partial charge in [-0.2, -0.15) is 5.26 Å². The molecule has 0 aromatic heterocycles. The second kappa shape index (κ2) is 5.21. The van der Waals surface area contributed by atoms with Crippen molar-refractivity contribution in [3.8, 4) is 6.07 Å². The van der Waals surface area contributed by atoms with Gasteiger partial charge in [0.25, 0.3) is 0 Å². The van der Waals surface area contributed by atoms with E-state index in [-0.39, 0.29) is 16.5 Å². The Morgan fingerprint density at radius 1 is 1.47 bits per heavy atom. The molecule has 0 saturated heterocycles. The Morgan fingerprint density at radius 3 is 2.67 bits per heavy atom. The standard InChI is InChI=1S/C10H9BrFNO2/c11-7-2-1-6(5-8(7)12)10(15)9(14)3-4-13/h1-2,5,9-10,14-15H,3H2. The monoisotopic (exact) mass is 273 g/mol. The molecule has 0 bridgehead atoms. The van der Waals surface area contributed by atoms with Gasteiger partial charge in [-0.1, -0.05) is 6.07 Å². The molecule has 1 aromatic carbocycles. The van der Waals surface area contributed by atoms with Gasteiger partial charge >= 0.3 is 0 Å². The van der Waals surface area contributed by atoms with Crippen LogP contribution in [0.25, 0.3) is 0 Å². The van der Waals surface area contributed by atoms with Gasteiger partial charge < -0.3 is 10.2 Å². The predicted octanol–water partition coefficient (Wildman–Crippen LogP) is 1.90. The molecule has 0 heterocycles. The van der Waals surface area contributed by atoms with Crippen LogP contribution in [-0.2, 0) is 0 Å². The van der Waals surface area contributed by atoms with Gasteiger partial charge in [-0.05, 0) is 33.6 Å². The fourth-order valence-corrected chi connectivity index (χ4v) is 1.37. The van der Waals surface area contributed by atoms with Crippen molar-refractivity contribution in [2.75, 3.05) is 0 Å². The molecule has 3 nitrogen and oxygen atoms in total. The van der Waals surface area contributed by atoms with Crippen molar-refractivity contribution >= 4 is 15.9 Å². The summed E-state index contributed by atoms with van der Waals surface area (Å²) in [5.74, 6) is -0.518. The summed E-state index contributed by atoms with van der Waals surface area (Å²) in [6, 6.07) is 5.77. The van der Waals surface area contributed by atoms with Crippen molar-refractivity contribution < 1.29 is 14.6 Å². The summed E-state index contributed by atoms with van der Waals surface area (Å²) >= 11 is 2.97. The van der Waals surface area contributed by atoms with Crippen molar-refractivity contribution in [2.45, 2.75) is 18.6 Å². The number of aliphatic hydroxyl groups is 2. The molecule has 0 spiro atoms. The van der Waals surface area contributed by atoms with E-state index in [9.17, 15) is 14.6 Å². The van der Waals surface area contributed by atoms with Crippen LogP contribution in [0.5, 0.6) is 0 Å². The van der Waals surface area contributed by atoms with Crippen molar-refractivity contribution in [3.63, 3.8) is 0 Å². The zero-order valence-corrected chi connectivity index (χ0v) is 9.28. The van der Waals surface area contributed by atoms with Crippen molar-refractivity contribution in [2.24, 2.45) is 0 Å². The number of nitriles is 1. The summed E-state index contributed by atoms with van der Waals surface area (Å²) in [6.45, 7) is 0. The van der Waals surface area contributed by atoms with Gasteiger partial charge in [0.1, 0.15) is 11.9 Å². The highest BCUT2D eigenvalue weighted by Crippen LogP contribution is 2.23. The Balaban J connectivity index is 2.87. The van der Waals surface area contributed by atoms with Crippen LogP contribution in [0.15, 0.2) is 22.7 Å². The van der Waals surface area contributed by atoms with E-state index < -0.39 is 18.0 Å². The number of hydrogen-bond donors (Lipinski definition) is 2. The van der Waals surface area contributed by atoms with Crippen LogP contribution in [0.4, 0.5) is 4.39 Å². The predicted molar refractivity (Wildman–Crippen MR) is 55.3 cm³/mol. The third kappa shape index (κ3) is 2.99. The molecule has 0 fully saturated rings. The molecule has 0 radical (unpaired) electrons. The van der Waals surface area contributed by atoms with E-state index in [1.807, 2.05) is 0 Å². The summed E-state index contributed by atoms with van der Waals surface area (Å²) < 4.78 is 13.4. The second-order valence-electron chi connectivity index (χ2n) is 3.05. The van der Waals surface area contributed by atoms with Gasteiger partial charge in [0.15, 0.2) is 0 Å². The number of benzene rings is 1. The number of aliphatic hydroxyl groups excluding tert-OH is 2. The molecule has 1 rings (SSSR count). The molecule has 0 aliphatic rings. The van der Waals surface area contributed by atoms with Crippen LogP contribution >= 0.6 is 15.9 Å². The molecule has 0 aliphatic heterocycles. The van der Waals surface area contributed by atoms with Crippen molar-refractivity contribution in [1.29, 1.82) is 5.26 Å². The first-order chi connectivity index (χ1) is 7.06. The first-order valence-corrected chi connectivity index (χ1v) is 5.03. The smallest absolute Gasteiger partial charge is 0.137 e. The van der Waals surface area contributed by atoms with E-state index in [1.54, 1.807) is 6.07 Å². The normalized spacial score (nSPS) is 14.3. The first-order valence-electron chi connectivity index (χ1n) is 4.24. The Labute approximate surface area is 94.9 Å². The topological polar surface area (TPSA) is 64.2 Å².